The highest BCUT2D eigenvalue weighted by molar-refractivity contribution is 9.10. The van der Waals surface area contributed by atoms with Gasteiger partial charge in [0.05, 0.1) is 24.0 Å². The van der Waals surface area contributed by atoms with Gasteiger partial charge >= 0.3 is 0 Å². The Morgan fingerprint density at radius 2 is 2.38 bits per heavy atom. The summed E-state index contributed by atoms with van der Waals surface area (Å²) >= 11 is 3.30. The zero-order valence-corrected chi connectivity index (χ0v) is 8.38. The molecule has 0 amide bonds. The summed E-state index contributed by atoms with van der Waals surface area (Å²) in [6.45, 7) is 0. The van der Waals surface area contributed by atoms with Crippen LogP contribution in [-0.2, 0) is 0 Å². The Bertz CT molecular complexity index is 455. The number of ether oxygens (including phenoxy) is 1. The van der Waals surface area contributed by atoms with Crippen molar-refractivity contribution in [3.63, 3.8) is 0 Å². The van der Waals surface area contributed by atoms with Gasteiger partial charge in [-0.25, -0.2) is 8.91 Å². The van der Waals surface area contributed by atoms with E-state index >= 15 is 0 Å². The van der Waals surface area contributed by atoms with Crippen LogP contribution >= 0.6 is 15.9 Å². The molecule has 0 fully saturated rings. The molecule has 0 N–H and O–H groups in total. The van der Waals surface area contributed by atoms with Crippen LogP contribution in [0.2, 0.25) is 0 Å². The van der Waals surface area contributed by atoms with Gasteiger partial charge in [-0.2, -0.15) is 5.10 Å². The van der Waals surface area contributed by atoms with Gasteiger partial charge in [0, 0.05) is 6.07 Å². The maximum atomic E-state index is 12.9. The SMILES string of the molecule is COc1cc(F)cn2ncc(Br)c12. The predicted molar refractivity (Wildman–Crippen MR) is 49.4 cm³/mol. The molecule has 2 aromatic rings. The summed E-state index contributed by atoms with van der Waals surface area (Å²) in [5, 5.41) is 3.94. The van der Waals surface area contributed by atoms with Crippen molar-refractivity contribution in [1.82, 2.24) is 9.61 Å². The third-order valence-electron chi connectivity index (χ3n) is 1.72. The average Bonchev–Trinajstić information content (AvgIpc) is 2.46. The molecule has 0 saturated heterocycles. The van der Waals surface area contributed by atoms with Gasteiger partial charge in [-0.1, -0.05) is 0 Å². The molecule has 0 aliphatic heterocycles. The second kappa shape index (κ2) is 2.99. The Morgan fingerprint density at radius 3 is 3.08 bits per heavy atom. The molecule has 68 valence electrons. The maximum absolute atomic E-state index is 12.9. The fraction of sp³-hybridized carbons (Fsp3) is 0.125. The first-order chi connectivity index (χ1) is 6.22. The molecule has 3 nitrogen and oxygen atoms in total. The lowest BCUT2D eigenvalue weighted by Gasteiger charge is -2.02. The first-order valence-corrected chi connectivity index (χ1v) is 4.38. The van der Waals surface area contributed by atoms with E-state index in [2.05, 4.69) is 21.0 Å². The van der Waals surface area contributed by atoms with Gasteiger partial charge in [-0.05, 0) is 15.9 Å². The van der Waals surface area contributed by atoms with Crippen molar-refractivity contribution >= 4 is 21.4 Å². The highest BCUT2D eigenvalue weighted by Gasteiger charge is 2.09. The number of hydrogen-bond donors (Lipinski definition) is 0. The molecule has 2 rings (SSSR count). The predicted octanol–water partition coefficient (Wildman–Crippen LogP) is 2.24. The molecule has 2 heterocycles. The third kappa shape index (κ3) is 1.29. The minimum absolute atomic E-state index is 0.375. The summed E-state index contributed by atoms with van der Waals surface area (Å²) in [7, 11) is 1.49. The Balaban J connectivity index is 2.85. The second-order valence-corrected chi connectivity index (χ2v) is 3.37. The molecule has 0 unspecified atom stereocenters. The van der Waals surface area contributed by atoms with Gasteiger partial charge in [0.15, 0.2) is 0 Å². The van der Waals surface area contributed by atoms with Crippen LogP contribution in [0.4, 0.5) is 4.39 Å². The molecule has 2 aromatic heterocycles. The van der Waals surface area contributed by atoms with Crippen LogP contribution in [0.1, 0.15) is 0 Å². The van der Waals surface area contributed by atoms with E-state index in [4.69, 9.17) is 4.74 Å². The number of methoxy groups -OCH3 is 1. The van der Waals surface area contributed by atoms with Crippen LogP contribution in [0.5, 0.6) is 5.75 Å². The van der Waals surface area contributed by atoms with Crippen molar-refractivity contribution < 1.29 is 9.13 Å². The lowest BCUT2D eigenvalue weighted by molar-refractivity contribution is 0.413. The molecule has 0 aromatic carbocycles. The van der Waals surface area contributed by atoms with Crippen molar-refractivity contribution in [3.05, 3.63) is 28.7 Å². The van der Waals surface area contributed by atoms with E-state index < -0.39 is 0 Å². The first kappa shape index (κ1) is 8.50. The van der Waals surface area contributed by atoms with Crippen LogP contribution in [0.15, 0.2) is 22.9 Å². The molecule has 0 atom stereocenters. The standard InChI is InChI=1S/C8H6BrFN2O/c1-13-7-2-5(10)4-12-8(7)6(9)3-11-12/h2-4H,1H3. The molecular weight excluding hydrogens is 239 g/mol. The quantitative estimate of drug-likeness (QED) is 0.770. The normalized spacial score (nSPS) is 10.7. The number of nitrogens with zero attached hydrogens (tertiary/aromatic N) is 2. The van der Waals surface area contributed by atoms with Crippen LogP contribution in [0.25, 0.3) is 5.52 Å². The molecule has 0 bridgehead atoms. The smallest absolute Gasteiger partial charge is 0.148 e. The monoisotopic (exact) mass is 244 g/mol. The van der Waals surface area contributed by atoms with Crippen molar-refractivity contribution in [1.29, 1.82) is 0 Å². The minimum atomic E-state index is -0.375. The number of rotatable bonds is 1. The van der Waals surface area contributed by atoms with Crippen LogP contribution in [0.3, 0.4) is 0 Å². The maximum Gasteiger partial charge on any atom is 0.148 e. The lowest BCUT2D eigenvalue weighted by Crippen LogP contribution is -1.93. The van der Waals surface area contributed by atoms with Crippen LogP contribution < -0.4 is 4.74 Å². The van der Waals surface area contributed by atoms with Crippen LogP contribution in [0, 0.1) is 5.82 Å². The Hall–Kier alpha value is -1.10. The molecule has 0 aliphatic carbocycles. The van der Waals surface area contributed by atoms with Gasteiger partial charge in [-0.3, -0.25) is 0 Å². The summed E-state index contributed by atoms with van der Waals surface area (Å²) in [6, 6.07) is 1.32. The highest BCUT2D eigenvalue weighted by atomic mass is 79.9. The second-order valence-electron chi connectivity index (χ2n) is 2.51. The molecular formula is C8H6BrFN2O. The van der Waals surface area contributed by atoms with Crippen LogP contribution in [-0.4, -0.2) is 16.7 Å². The van der Waals surface area contributed by atoms with Gasteiger partial charge < -0.3 is 4.74 Å². The first-order valence-electron chi connectivity index (χ1n) is 3.59. The van der Waals surface area contributed by atoms with E-state index in [1.807, 2.05) is 0 Å². The van der Waals surface area contributed by atoms with Crippen molar-refractivity contribution in [2.75, 3.05) is 7.11 Å². The van der Waals surface area contributed by atoms with E-state index in [0.717, 1.165) is 9.99 Å². The van der Waals surface area contributed by atoms with Gasteiger partial charge in [0.25, 0.3) is 0 Å². The average molecular weight is 245 g/mol. The molecule has 0 saturated carbocycles. The van der Waals surface area contributed by atoms with E-state index in [1.54, 1.807) is 6.20 Å². The Labute approximate surface area is 82.2 Å². The number of hydrogen-bond acceptors (Lipinski definition) is 2. The fourth-order valence-electron chi connectivity index (χ4n) is 1.17. The topological polar surface area (TPSA) is 26.5 Å². The van der Waals surface area contributed by atoms with E-state index in [0.29, 0.717) is 5.75 Å². The minimum Gasteiger partial charge on any atom is -0.494 e. The summed E-state index contributed by atoms with van der Waals surface area (Å²) < 4.78 is 20.2. The van der Waals surface area contributed by atoms with E-state index in [9.17, 15) is 4.39 Å². The fourth-order valence-corrected chi connectivity index (χ4v) is 1.64. The molecule has 0 aliphatic rings. The molecule has 0 spiro atoms. The van der Waals surface area contributed by atoms with E-state index in [-0.39, 0.29) is 5.82 Å². The Kier molecular flexibility index (Phi) is 1.95. The largest absolute Gasteiger partial charge is 0.494 e. The summed E-state index contributed by atoms with van der Waals surface area (Å²) in [5.74, 6) is 0.0873. The zero-order chi connectivity index (χ0) is 9.42. The Morgan fingerprint density at radius 1 is 1.62 bits per heavy atom. The van der Waals surface area contributed by atoms with Gasteiger partial charge in [-0.15, -0.1) is 0 Å². The third-order valence-corrected chi connectivity index (χ3v) is 2.30. The summed E-state index contributed by atoms with van der Waals surface area (Å²) in [4.78, 5) is 0. The van der Waals surface area contributed by atoms with Crippen molar-refractivity contribution in [2.45, 2.75) is 0 Å². The van der Waals surface area contributed by atoms with E-state index in [1.165, 1.54) is 23.9 Å². The number of fused-ring (bicyclic) bond motifs is 1. The number of aromatic nitrogens is 2. The number of halogens is 2. The molecule has 0 radical (unpaired) electrons. The van der Waals surface area contributed by atoms with Gasteiger partial charge in [0.1, 0.15) is 17.1 Å². The molecule has 5 heteroatoms. The van der Waals surface area contributed by atoms with Gasteiger partial charge in [0.2, 0.25) is 0 Å². The summed E-state index contributed by atoms with van der Waals surface area (Å²) in [5.41, 5.74) is 0.726. The molecule has 13 heavy (non-hydrogen) atoms. The highest BCUT2D eigenvalue weighted by Crippen LogP contribution is 2.27. The summed E-state index contributed by atoms with van der Waals surface area (Å²) in [6.07, 6.45) is 2.89. The van der Waals surface area contributed by atoms with Crippen molar-refractivity contribution in [3.8, 4) is 5.75 Å². The van der Waals surface area contributed by atoms with Crippen molar-refractivity contribution in [2.24, 2.45) is 0 Å². The number of pyridine rings is 1. The zero-order valence-electron chi connectivity index (χ0n) is 6.79. The lowest BCUT2D eigenvalue weighted by atomic mass is 10.3.